The van der Waals surface area contributed by atoms with Crippen LogP contribution < -0.4 is 0 Å². The van der Waals surface area contributed by atoms with E-state index in [4.69, 9.17) is 28.8 Å². The second-order valence-electron chi connectivity index (χ2n) is 8.04. The number of amides is 2. The summed E-state index contributed by atoms with van der Waals surface area (Å²) < 4.78 is 25.5. The number of aliphatic hydroxyl groups excluding tert-OH is 1. The Kier molecular flexibility index (Phi) is 14.0. The Labute approximate surface area is 204 Å². The first-order valence-electron chi connectivity index (χ1n) is 11.3. The first-order chi connectivity index (χ1) is 16.6. The molecule has 0 spiro atoms. The Morgan fingerprint density at radius 3 is 2.31 bits per heavy atom. The highest BCUT2D eigenvalue weighted by Gasteiger charge is 2.46. The molecule has 12 nitrogen and oxygen atoms in total. The summed E-state index contributed by atoms with van der Waals surface area (Å²) in [5.41, 5.74) is 0. The number of esters is 1. The van der Waals surface area contributed by atoms with Crippen LogP contribution in [0.5, 0.6) is 0 Å². The average Bonchev–Trinajstić information content (AvgIpc) is 3.20. The fourth-order valence-corrected chi connectivity index (χ4v) is 3.21. The summed E-state index contributed by atoms with van der Waals surface area (Å²) in [7, 11) is 1.14. The fraction of sp³-hybridized carbons (Fsp3) is 0.696. The van der Waals surface area contributed by atoms with E-state index in [1.54, 1.807) is 13.8 Å². The summed E-state index contributed by atoms with van der Waals surface area (Å²) in [5.74, 6) is -3.07. The Bertz CT molecular complexity index is 765. The minimum atomic E-state index is -1.70. The van der Waals surface area contributed by atoms with Crippen LogP contribution in [0.3, 0.4) is 0 Å². The normalized spacial score (nSPS) is 17.5. The van der Waals surface area contributed by atoms with Gasteiger partial charge in [-0.05, 0) is 24.5 Å². The molecule has 2 amide bonds. The molecule has 1 aliphatic rings. The van der Waals surface area contributed by atoms with Crippen molar-refractivity contribution in [2.45, 2.75) is 51.9 Å². The number of imide groups is 1. The molecule has 0 aromatic carbocycles. The number of nitrogens with zero attached hydrogens (tertiary/aromatic N) is 1. The Morgan fingerprint density at radius 1 is 1.09 bits per heavy atom. The number of rotatable bonds is 17. The minimum Gasteiger partial charge on any atom is -0.451 e. The number of ether oxygens (including phenoxy) is 5. The molecule has 1 rings (SSSR count). The zero-order valence-corrected chi connectivity index (χ0v) is 20.6. The number of aliphatic hydroxyl groups is 1. The third-order valence-corrected chi connectivity index (χ3v) is 5.01. The average molecular weight is 502 g/mol. The molecule has 0 saturated carbocycles. The lowest BCUT2D eigenvalue weighted by molar-refractivity contribution is -0.166. The van der Waals surface area contributed by atoms with E-state index in [-0.39, 0.29) is 37.9 Å². The monoisotopic (exact) mass is 501 g/mol. The zero-order chi connectivity index (χ0) is 26.4. The highest BCUT2D eigenvalue weighted by molar-refractivity contribution is 6.05. The van der Waals surface area contributed by atoms with Gasteiger partial charge >= 0.3 is 12.1 Å². The van der Waals surface area contributed by atoms with Crippen molar-refractivity contribution in [2.24, 2.45) is 5.92 Å². The first-order valence-corrected chi connectivity index (χ1v) is 11.3. The topological polar surface area (TPSA) is 155 Å². The lowest BCUT2D eigenvalue weighted by atomic mass is 10.0. The number of ketones is 2. The molecule has 0 aromatic heterocycles. The van der Waals surface area contributed by atoms with Gasteiger partial charge in [-0.1, -0.05) is 13.8 Å². The van der Waals surface area contributed by atoms with Gasteiger partial charge in [-0.15, -0.1) is 0 Å². The van der Waals surface area contributed by atoms with Gasteiger partial charge in [-0.3, -0.25) is 19.2 Å². The molecule has 0 aromatic rings. The number of allylic oxidation sites excluding steroid dienone is 1. The molecular formula is C23H35NO11. The Balaban J connectivity index is 2.75. The number of carbonyl (C=O) groups is 5. The smallest absolute Gasteiger partial charge is 0.417 e. The van der Waals surface area contributed by atoms with Gasteiger partial charge in [0.05, 0.1) is 32.5 Å². The summed E-state index contributed by atoms with van der Waals surface area (Å²) in [6.45, 7) is 5.76. The van der Waals surface area contributed by atoms with E-state index < -0.39 is 42.0 Å². The van der Waals surface area contributed by atoms with Crippen LogP contribution in [0.25, 0.3) is 0 Å². The lowest BCUT2D eigenvalue weighted by Gasteiger charge is -2.29. The molecule has 0 unspecified atom stereocenters. The fourth-order valence-electron chi connectivity index (χ4n) is 3.21. The second-order valence-corrected chi connectivity index (χ2v) is 8.04. The maximum absolute atomic E-state index is 13.1. The number of hydrogen-bond acceptors (Lipinski definition) is 11. The maximum Gasteiger partial charge on any atom is 0.417 e. The van der Waals surface area contributed by atoms with Gasteiger partial charge in [0.1, 0.15) is 6.61 Å². The van der Waals surface area contributed by atoms with Crippen molar-refractivity contribution in [3.8, 4) is 0 Å². The summed E-state index contributed by atoms with van der Waals surface area (Å²) in [4.78, 5) is 62.6. The highest BCUT2D eigenvalue weighted by Crippen LogP contribution is 2.23. The maximum atomic E-state index is 13.1. The molecule has 35 heavy (non-hydrogen) atoms. The van der Waals surface area contributed by atoms with E-state index >= 15 is 0 Å². The Hall–Kier alpha value is -2.67. The molecule has 3 atom stereocenters. The number of methoxy groups -OCH3 is 1. The number of hydrogen-bond donors (Lipinski definition) is 1. The molecular weight excluding hydrogens is 466 g/mol. The summed E-state index contributed by atoms with van der Waals surface area (Å²) in [5, 5.41) is 8.59. The van der Waals surface area contributed by atoms with Crippen LogP contribution in [0.4, 0.5) is 4.79 Å². The summed E-state index contributed by atoms with van der Waals surface area (Å²) >= 11 is 0. The van der Waals surface area contributed by atoms with Crippen molar-refractivity contribution in [3.63, 3.8) is 0 Å². The van der Waals surface area contributed by atoms with Gasteiger partial charge in [0.25, 0.3) is 5.91 Å². The molecule has 0 bridgehead atoms. The molecule has 198 valence electrons. The highest BCUT2D eigenvalue weighted by atomic mass is 16.6. The molecule has 1 fully saturated rings. The lowest BCUT2D eigenvalue weighted by Crippen LogP contribution is -2.53. The third kappa shape index (κ3) is 10.2. The van der Waals surface area contributed by atoms with E-state index in [9.17, 15) is 24.0 Å². The van der Waals surface area contributed by atoms with Gasteiger partial charge < -0.3 is 28.8 Å². The van der Waals surface area contributed by atoms with Crippen LogP contribution in [0, 0.1) is 5.92 Å². The second kappa shape index (κ2) is 16.1. The van der Waals surface area contributed by atoms with Crippen LogP contribution in [0.1, 0.15) is 33.6 Å². The van der Waals surface area contributed by atoms with Crippen molar-refractivity contribution in [1.82, 2.24) is 4.90 Å². The van der Waals surface area contributed by atoms with Gasteiger partial charge in [0.2, 0.25) is 0 Å². The molecule has 12 heteroatoms. The number of cyclic esters (lactones) is 1. The summed E-state index contributed by atoms with van der Waals surface area (Å²) in [6, 6.07) is -0.568. The molecule has 1 aliphatic heterocycles. The quantitative estimate of drug-likeness (QED) is 0.168. The van der Waals surface area contributed by atoms with Crippen LogP contribution in [0.2, 0.25) is 0 Å². The van der Waals surface area contributed by atoms with E-state index in [2.05, 4.69) is 0 Å². The molecule has 1 N–H and O–H groups in total. The SMILES string of the molecule is CO[C@@H](C(=O)N1C(=O)OC[C@H]1C(C)C)[C@@H](OC(C)=O)C(=O)C=CC(=O)CCCOCCOCCO. The van der Waals surface area contributed by atoms with Crippen molar-refractivity contribution in [3.05, 3.63) is 12.2 Å². The van der Waals surface area contributed by atoms with E-state index in [0.717, 1.165) is 31.1 Å². The molecule has 1 saturated heterocycles. The summed E-state index contributed by atoms with van der Waals surface area (Å²) in [6.07, 6.45) is -1.74. The Morgan fingerprint density at radius 2 is 1.74 bits per heavy atom. The van der Waals surface area contributed by atoms with E-state index in [0.29, 0.717) is 26.2 Å². The van der Waals surface area contributed by atoms with Crippen LogP contribution in [-0.4, -0.2) is 105 Å². The predicted octanol–water partition coefficient (Wildman–Crippen LogP) is 0.437. The van der Waals surface area contributed by atoms with Gasteiger partial charge in [-0.2, -0.15) is 0 Å². The largest absolute Gasteiger partial charge is 0.451 e. The van der Waals surface area contributed by atoms with Crippen LogP contribution >= 0.6 is 0 Å². The van der Waals surface area contributed by atoms with Crippen LogP contribution in [0.15, 0.2) is 12.2 Å². The van der Waals surface area contributed by atoms with E-state index in [1.807, 2.05) is 0 Å². The standard InChI is InChI=1S/C23H35NO11/c1-15(2)18-14-34-23(30)24(18)22(29)21(31-4)20(35-16(3)26)19(28)8-7-17(27)6-5-10-32-12-13-33-11-9-25/h7-8,15,18,20-21,25H,5-6,9-14H2,1-4H3/t18-,20-,21+/m0/s1. The predicted molar refractivity (Wildman–Crippen MR) is 120 cm³/mol. The zero-order valence-electron chi connectivity index (χ0n) is 20.6. The van der Waals surface area contributed by atoms with Gasteiger partial charge in [0.15, 0.2) is 23.8 Å². The molecule has 1 heterocycles. The minimum absolute atomic E-state index is 0.00133. The molecule has 0 radical (unpaired) electrons. The van der Waals surface area contributed by atoms with Gasteiger partial charge in [0, 0.05) is 27.1 Å². The van der Waals surface area contributed by atoms with Gasteiger partial charge in [-0.25, -0.2) is 9.69 Å². The number of carbonyl (C=O) groups excluding carboxylic acids is 5. The third-order valence-electron chi connectivity index (χ3n) is 5.01. The molecule has 0 aliphatic carbocycles. The van der Waals surface area contributed by atoms with Crippen LogP contribution in [-0.2, 0) is 42.9 Å². The van der Waals surface area contributed by atoms with Crippen molar-refractivity contribution >= 4 is 29.5 Å². The van der Waals surface area contributed by atoms with Crippen molar-refractivity contribution in [1.29, 1.82) is 0 Å². The van der Waals surface area contributed by atoms with Crippen molar-refractivity contribution < 1.29 is 52.8 Å². The first kappa shape index (κ1) is 30.4. The van der Waals surface area contributed by atoms with Crippen molar-refractivity contribution in [2.75, 3.05) is 46.8 Å². The van der Waals surface area contributed by atoms with E-state index in [1.165, 1.54) is 0 Å².